The summed E-state index contributed by atoms with van der Waals surface area (Å²) in [5.74, 6) is 0.555. The van der Waals surface area contributed by atoms with Gasteiger partial charge in [0, 0.05) is 36.3 Å². The average Bonchev–Trinajstić information content (AvgIpc) is 3.03. The fourth-order valence-corrected chi connectivity index (χ4v) is 3.12. The third-order valence-corrected chi connectivity index (χ3v) is 4.35. The summed E-state index contributed by atoms with van der Waals surface area (Å²) in [4.78, 5) is 11.4. The van der Waals surface area contributed by atoms with Crippen molar-refractivity contribution in [1.82, 2.24) is 19.4 Å². The van der Waals surface area contributed by atoms with Gasteiger partial charge < -0.3 is 9.47 Å². The molecule has 2 aromatic carbocycles. The first-order valence-electron chi connectivity index (χ1n) is 8.52. The first-order valence-corrected chi connectivity index (χ1v) is 14.1. The van der Waals surface area contributed by atoms with Gasteiger partial charge >= 0.3 is 35.3 Å². The number of imidazole rings is 1. The van der Waals surface area contributed by atoms with Crippen molar-refractivity contribution in [3.05, 3.63) is 60.5 Å². The molecule has 4 aromatic rings. The van der Waals surface area contributed by atoms with Crippen molar-refractivity contribution < 1.29 is 20.9 Å². The average molecular weight is 600 g/mol. The Hall–Kier alpha value is -1.52. The summed E-state index contributed by atoms with van der Waals surface area (Å²) in [6, 6.07) is 14.8. The van der Waals surface area contributed by atoms with Gasteiger partial charge in [-0.05, 0) is 38.4 Å². The molecule has 0 bridgehead atoms. The Morgan fingerprint density at radius 1 is 1.11 bits per heavy atom. The zero-order chi connectivity index (χ0) is 20.1. The van der Waals surface area contributed by atoms with E-state index in [0.717, 1.165) is 40.9 Å². The van der Waals surface area contributed by atoms with Crippen molar-refractivity contribution in [3.8, 4) is 11.4 Å². The van der Waals surface area contributed by atoms with E-state index < -0.39 is 16.5 Å². The second-order valence-corrected chi connectivity index (χ2v) is 9.73. The Kier molecular flexibility index (Phi) is 7.41. The van der Waals surface area contributed by atoms with Crippen LogP contribution in [0.5, 0.6) is 0 Å². The molecule has 0 aliphatic heterocycles. The fourth-order valence-electron chi connectivity index (χ4n) is 3.12. The van der Waals surface area contributed by atoms with E-state index in [2.05, 4.69) is 14.5 Å². The van der Waals surface area contributed by atoms with Gasteiger partial charge in [0.05, 0.1) is 16.6 Å². The molecule has 0 N–H and O–H groups in total. The molecule has 2 aromatic heterocycles. The quantitative estimate of drug-likeness (QED) is 0.318. The molecule has 0 aliphatic rings. The van der Waals surface area contributed by atoms with Crippen LogP contribution in [-0.4, -0.2) is 40.1 Å². The van der Waals surface area contributed by atoms with Crippen LogP contribution in [0.15, 0.2) is 54.7 Å². The van der Waals surface area contributed by atoms with Gasteiger partial charge in [0.15, 0.2) is 0 Å². The molecule has 4 rings (SSSR count). The number of aromatic nitrogens is 3. The predicted molar refractivity (Wildman–Crippen MR) is 111 cm³/mol. The molecule has 4 nitrogen and oxygen atoms in total. The standard InChI is InChI=1S/C20H19FN4.2ClH.Pt/c1-24(2)11-12-25-18-9-8-15(21)13-17(18)23-20(25)16-7-3-5-14-6-4-10-22-19(14)16;;;/h3-10,13H,11-12H2,1-2H3;2*1H;/q;;;+2/p-2. The van der Waals surface area contributed by atoms with E-state index in [9.17, 15) is 4.39 Å². The van der Waals surface area contributed by atoms with Crippen LogP contribution in [0.3, 0.4) is 0 Å². The molecule has 0 radical (unpaired) electrons. The number of fused-ring (bicyclic) bond motifs is 2. The van der Waals surface area contributed by atoms with Crippen LogP contribution < -0.4 is 0 Å². The van der Waals surface area contributed by atoms with Crippen molar-refractivity contribution >= 4 is 40.8 Å². The van der Waals surface area contributed by atoms with E-state index in [1.54, 1.807) is 12.3 Å². The number of rotatable bonds is 4. The van der Waals surface area contributed by atoms with Crippen molar-refractivity contribution in [2.45, 2.75) is 6.54 Å². The Balaban J connectivity index is 0.000000706. The molecular formula is C20H19Cl2FN4Pt. The van der Waals surface area contributed by atoms with E-state index >= 15 is 0 Å². The monoisotopic (exact) mass is 599 g/mol. The molecule has 0 spiro atoms. The number of hydrogen-bond donors (Lipinski definition) is 0. The molecule has 8 heteroatoms. The molecule has 0 unspecified atom stereocenters. The molecule has 0 amide bonds. The molecule has 2 heterocycles. The van der Waals surface area contributed by atoms with Gasteiger partial charge in [0.25, 0.3) is 0 Å². The minimum absolute atomic E-state index is 0.271. The minimum atomic E-state index is -0.472. The summed E-state index contributed by atoms with van der Waals surface area (Å²) in [5, 5.41) is 1.07. The second-order valence-electron chi connectivity index (χ2n) is 6.45. The third-order valence-electron chi connectivity index (χ3n) is 4.35. The number of halogens is 3. The molecule has 0 aliphatic carbocycles. The maximum absolute atomic E-state index is 13.7. The van der Waals surface area contributed by atoms with Crippen LogP contribution in [0, 0.1) is 5.82 Å². The summed E-state index contributed by atoms with van der Waals surface area (Å²) < 4.78 is 15.8. The Bertz CT molecular complexity index is 1080. The molecule has 28 heavy (non-hydrogen) atoms. The predicted octanol–water partition coefficient (Wildman–Crippen LogP) is 5.33. The van der Waals surface area contributed by atoms with E-state index in [1.165, 1.54) is 12.1 Å². The molecule has 150 valence electrons. The molecule has 0 saturated carbocycles. The SMILES string of the molecule is CN(C)CCn1c(-c2cccc3cccnc23)nc2cc(F)ccc21.[Cl][Pt][Cl]. The number of benzene rings is 2. The van der Waals surface area contributed by atoms with E-state index in [0.29, 0.717) is 5.52 Å². The van der Waals surface area contributed by atoms with Crippen LogP contribution in [0.4, 0.5) is 4.39 Å². The van der Waals surface area contributed by atoms with Gasteiger partial charge in [-0.15, -0.1) is 0 Å². The Morgan fingerprint density at radius 2 is 1.86 bits per heavy atom. The number of likely N-dealkylation sites (N-methyl/N-ethyl adjacent to an activating group) is 1. The molecule has 0 saturated heterocycles. The van der Waals surface area contributed by atoms with Gasteiger partial charge in [-0.1, -0.05) is 18.2 Å². The summed E-state index contributed by atoms with van der Waals surface area (Å²) >= 11 is -0.472. The molecule has 0 atom stereocenters. The van der Waals surface area contributed by atoms with Crippen LogP contribution in [0.2, 0.25) is 0 Å². The summed E-state index contributed by atoms with van der Waals surface area (Å²) in [6.45, 7) is 1.64. The first-order chi connectivity index (χ1) is 13.5. The van der Waals surface area contributed by atoms with Crippen LogP contribution in [0.1, 0.15) is 0 Å². The van der Waals surface area contributed by atoms with Gasteiger partial charge in [0.1, 0.15) is 11.6 Å². The van der Waals surface area contributed by atoms with Gasteiger partial charge in [0.2, 0.25) is 0 Å². The van der Waals surface area contributed by atoms with E-state index in [-0.39, 0.29) is 5.82 Å². The van der Waals surface area contributed by atoms with Gasteiger partial charge in [-0.25, -0.2) is 9.37 Å². The van der Waals surface area contributed by atoms with Gasteiger partial charge in [-0.3, -0.25) is 4.98 Å². The number of para-hydroxylation sites is 1. The van der Waals surface area contributed by atoms with Crippen LogP contribution >= 0.6 is 18.8 Å². The van der Waals surface area contributed by atoms with Crippen molar-refractivity contribution in [2.24, 2.45) is 0 Å². The van der Waals surface area contributed by atoms with Crippen LogP contribution in [-0.2, 0) is 23.0 Å². The molecule has 0 fully saturated rings. The normalized spacial score (nSPS) is 11.2. The van der Waals surface area contributed by atoms with E-state index in [1.807, 2.05) is 44.4 Å². The summed E-state index contributed by atoms with van der Waals surface area (Å²) in [5.41, 5.74) is 3.48. The van der Waals surface area contributed by atoms with Crippen molar-refractivity contribution in [1.29, 1.82) is 0 Å². The maximum atomic E-state index is 13.7. The van der Waals surface area contributed by atoms with E-state index in [4.69, 9.17) is 23.8 Å². The zero-order valence-corrected chi connectivity index (χ0v) is 19.1. The number of pyridine rings is 1. The first kappa shape index (κ1) is 21.2. The van der Waals surface area contributed by atoms with Crippen LogP contribution in [0.25, 0.3) is 33.3 Å². The fraction of sp³-hybridized carbons (Fsp3) is 0.200. The topological polar surface area (TPSA) is 34.0 Å². The Labute approximate surface area is 179 Å². The molecular weight excluding hydrogens is 581 g/mol. The van der Waals surface area contributed by atoms with Crippen molar-refractivity contribution in [3.63, 3.8) is 0 Å². The zero-order valence-electron chi connectivity index (χ0n) is 15.3. The second kappa shape index (κ2) is 9.80. The number of nitrogens with zero attached hydrogens (tertiary/aromatic N) is 4. The third kappa shape index (κ3) is 4.72. The Morgan fingerprint density at radius 3 is 2.61 bits per heavy atom. The van der Waals surface area contributed by atoms with Crippen molar-refractivity contribution in [2.75, 3.05) is 20.6 Å². The summed E-state index contributed by atoms with van der Waals surface area (Å²) in [7, 11) is 13.8. The summed E-state index contributed by atoms with van der Waals surface area (Å²) in [6.07, 6.45) is 1.79. The number of hydrogen-bond acceptors (Lipinski definition) is 3. The van der Waals surface area contributed by atoms with Gasteiger partial charge in [-0.2, -0.15) is 0 Å².